The molecule has 0 amide bonds. The average Bonchev–Trinajstić information content (AvgIpc) is 3.33. The number of methoxy groups -OCH3 is 1. The van der Waals surface area contributed by atoms with E-state index in [4.69, 9.17) is 24.2 Å². The van der Waals surface area contributed by atoms with Gasteiger partial charge in [-0.05, 0) is 49.6 Å². The van der Waals surface area contributed by atoms with Crippen molar-refractivity contribution in [1.82, 2.24) is 19.4 Å². The lowest BCUT2D eigenvalue weighted by Gasteiger charge is -2.56. The van der Waals surface area contributed by atoms with Crippen LogP contribution in [0.1, 0.15) is 26.2 Å². The highest BCUT2D eigenvalue weighted by Gasteiger charge is 2.46. The number of imidazole rings is 1. The molecule has 3 fully saturated rings. The quantitative estimate of drug-likeness (QED) is 0.330. The first kappa shape index (κ1) is 24.8. The first-order valence-corrected chi connectivity index (χ1v) is 14.1. The van der Waals surface area contributed by atoms with Crippen molar-refractivity contribution in [3.8, 4) is 11.6 Å². The number of para-hydroxylation sites is 1. The highest BCUT2D eigenvalue weighted by atomic mass is 16.5. The van der Waals surface area contributed by atoms with Crippen molar-refractivity contribution < 1.29 is 14.2 Å². The van der Waals surface area contributed by atoms with Gasteiger partial charge in [0.05, 0.1) is 43.0 Å². The van der Waals surface area contributed by atoms with Gasteiger partial charge in [-0.2, -0.15) is 0 Å². The Morgan fingerprint density at radius 3 is 2.49 bits per heavy atom. The molecule has 39 heavy (non-hydrogen) atoms. The summed E-state index contributed by atoms with van der Waals surface area (Å²) in [6.07, 6.45) is 3.55. The molecule has 0 saturated carbocycles. The van der Waals surface area contributed by atoms with Gasteiger partial charge in [0.2, 0.25) is 5.95 Å². The van der Waals surface area contributed by atoms with Crippen molar-refractivity contribution in [1.29, 1.82) is 0 Å². The van der Waals surface area contributed by atoms with E-state index in [9.17, 15) is 0 Å². The minimum Gasteiger partial charge on any atom is -0.493 e. The van der Waals surface area contributed by atoms with Crippen LogP contribution in [0.3, 0.4) is 0 Å². The molecule has 204 valence electrons. The van der Waals surface area contributed by atoms with Crippen molar-refractivity contribution in [3.05, 3.63) is 54.6 Å². The molecule has 0 atom stereocenters. The van der Waals surface area contributed by atoms with Crippen LogP contribution < -0.4 is 9.64 Å². The fraction of sp³-hybridized carbons (Fsp3) is 0.484. The zero-order chi connectivity index (χ0) is 26.5. The summed E-state index contributed by atoms with van der Waals surface area (Å²) < 4.78 is 19.2. The van der Waals surface area contributed by atoms with E-state index in [-0.39, 0.29) is 5.41 Å². The highest BCUT2D eigenvalue weighted by molar-refractivity contribution is 5.84. The minimum absolute atomic E-state index is 0.0942. The Morgan fingerprint density at radius 2 is 1.74 bits per heavy atom. The number of anilines is 1. The van der Waals surface area contributed by atoms with Gasteiger partial charge in [-0.3, -0.25) is 9.47 Å². The van der Waals surface area contributed by atoms with Crippen molar-refractivity contribution in [2.24, 2.45) is 5.41 Å². The number of piperidine rings is 1. The van der Waals surface area contributed by atoms with Crippen LogP contribution in [0.5, 0.6) is 5.75 Å². The zero-order valence-electron chi connectivity index (χ0n) is 22.9. The lowest BCUT2D eigenvalue weighted by molar-refractivity contribution is -0.120. The van der Waals surface area contributed by atoms with Crippen molar-refractivity contribution in [3.63, 3.8) is 0 Å². The topological polar surface area (TPSA) is 64.9 Å². The third-order valence-corrected chi connectivity index (χ3v) is 8.97. The summed E-state index contributed by atoms with van der Waals surface area (Å²) in [4.78, 5) is 15.3. The molecule has 0 aliphatic carbocycles. The second-order valence-corrected chi connectivity index (χ2v) is 11.8. The summed E-state index contributed by atoms with van der Waals surface area (Å²) in [6.45, 7) is 9.29. The average molecular weight is 528 g/mol. The molecule has 4 aromatic rings. The first-order valence-electron chi connectivity index (χ1n) is 14.1. The van der Waals surface area contributed by atoms with E-state index in [0.717, 1.165) is 91.7 Å². The fourth-order valence-corrected chi connectivity index (χ4v) is 6.37. The lowest BCUT2D eigenvalue weighted by Crippen LogP contribution is -2.64. The summed E-state index contributed by atoms with van der Waals surface area (Å²) in [5, 5.41) is 1.14. The van der Waals surface area contributed by atoms with Crippen LogP contribution in [0.25, 0.3) is 27.8 Å². The van der Waals surface area contributed by atoms with Crippen molar-refractivity contribution >= 4 is 27.9 Å². The number of hydrogen-bond donors (Lipinski definition) is 0. The summed E-state index contributed by atoms with van der Waals surface area (Å²) in [6, 6.07) is 18.8. The summed E-state index contributed by atoms with van der Waals surface area (Å²) in [7, 11) is 1.79. The predicted octanol–water partition coefficient (Wildman–Crippen LogP) is 4.68. The zero-order valence-corrected chi connectivity index (χ0v) is 22.9. The van der Waals surface area contributed by atoms with E-state index in [2.05, 4.69) is 69.8 Å². The molecule has 3 aliphatic heterocycles. The molecule has 7 rings (SSSR count). The van der Waals surface area contributed by atoms with E-state index >= 15 is 0 Å². The predicted molar refractivity (Wildman–Crippen MR) is 153 cm³/mol. The summed E-state index contributed by atoms with van der Waals surface area (Å²) >= 11 is 0. The Balaban J connectivity index is 1.22. The molecular weight excluding hydrogens is 490 g/mol. The Labute approximate surface area is 229 Å². The van der Waals surface area contributed by atoms with E-state index < -0.39 is 0 Å². The van der Waals surface area contributed by atoms with Gasteiger partial charge >= 0.3 is 0 Å². The van der Waals surface area contributed by atoms with Crippen LogP contribution >= 0.6 is 0 Å². The van der Waals surface area contributed by atoms with E-state index in [0.29, 0.717) is 12.1 Å². The Bertz CT molecular complexity index is 1490. The number of rotatable bonds is 8. The molecular formula is C31H37N5O3. The molecule has 2 aromatic heterocycles. The van der Waals surface area contributed by atoms with Crippen molar-refractivity contribution in [2.75, 3.05) is 64.6 Å². The number of hydrogen-bond acceptors (Lipinski definition) is 7. The van der Waals surface area contributed by atoms with Gasteiger partial charge in [0.1, 0.15) is 11.6 Å². The van der Waals surface area contributed by atoms with Crippen LogP contribution in [-0.4, -0.2) is 84.7 Å². The molecule has 0 unspecified atom stereocenters. The minimum atomic E-state index is 0.0942. The van der Waals surface area contributed by atoms with Crippen LogP contribution in [0.2, 0.25) is 0 Å². The standard InChI is InChI=1S/C31H37N5O3/c1-30(20-38-21-30)22-39-24-8-9-27-26(19-24)33-29(36(27)28-10-7-23-5-3-4-6-25(23)32-28)34-14-11-31(12-15-34)13-16-35(31)17-18-37-2/h3-10,19H,11-18,20-22H2,1-2H3. The number of benzene rings is 2. The highest BCUT2D eigenvalue weighted by Crippen LogP contribution is 2.41. The van der Waals surface area contributed by atoms with Crippen LogP contribution in [0.15, 0.2) is 54.6 Å². The van der Waals surface area contributed by atoms with Gasteiger partial charge in [0.15, 0.2) is 0 Å². The number of nitrogens with zero attached hydrogens (tertiary/aromatic N) is 5. The van der Waals surface area contributed by atoms with Gasteiger partial charge < -0.3 is 19.1 Å². The van der Waals surface area contributed by atoms with E-state index in [1.807, 2.05) is 6.07 Å². The monoisotopic (exact) mass is 527 g/mol. The number of pyridine rings is 1. The van der Waals surface area contributed by atoms with E-state index in [1.54, 1.807) is 7.11 Å². The third kappa shape index (κ3) is 4.44. The molecule has 0 bridgehead atoms. The molecule has 8 heteroatoms. The molecule has 2 aromatic carbocycles. The molecule has 1 spiro atoms. The largest absolute Gasteiger partial charge is 0.493 e. The molecule has 0 N–H and O–H groups in total. The number of aromatic nitrogens is 3. The Hall–Kier alpha value is -3.20. The number of fused-ring (bicyclic) bond motifs is 2. The maximum atomic E-state index is 6.20. The normalized spacial score (nSPS) is 20.3. The SMILES string of the molecule is COCCN1CCC12CCN(c1nc3cc(OCC4(C)COC4)ccc3n1-c1ccc3ccccc3n1)CC2. The van der Waals surface area contributed by atoms with Gasteiger partial charge in [-0.15, -0.1) is 0 Å². The smallest absolute Gasteiger partial charge is 0.212 e. The van der Waals surface area contributed by atoms with Crippen molar-refractivity contribution in [2.45, 2.75) is 31.7 Å². The van der Waals surface area contributed by atoms with E-state index in [1.165, 1.54) is 13.0 Å². The summed E-state index contributed by atoms with van der Waals surface area (Å²) in [5.74, 6) is 2.70. The maximum absolute atomic E-state index is 6.20. The van der Waals surface area contributed by atoms with Gasteiger partial charge in [-0.25, -0.2) is 9.97 Å². The number of likely N-dealkylation sites (tertiary alicyclic amines) is 1. The van der Waals surface area contributed by atoms with Crippen LogP contribution in [-0.2, 0) is 9.47 Å². The Kier molecular flexibility index (Phi) is 6.21. The fourth-order valence-electron chi connectivity index (χ4n) is 6.37. The molecule has 8 nitrogen and oxygen atoms in total. The number of ether oxygens (including phenoxy) is 3. The molecule has 5 heterocycles. The third-order valence-electron chi connectivity index (χ3n) is 8.97. The first-order chi connectivity index (χ1) is 19.1. The molecule has 3 aliphatic rings. The second kappa shape index (κ2) is 9.77. The van der Waals surface area contributed by atoms with Crippen LogP contribution in [0, 0.1) is 5.41 Å². The Morgan fingerprint density at radius 1 is 0.923 bits per heavy atom. The van der Waals surface area contributed by atoms with Gasteiger partial charge in [0, 0.05) is 55.7 Å². The molecule has 0 radical (unpaired) electrons. The molecule has 3 saturated heterocycles. The maximum Gasteiger partial charge on any atom is 0.212 e. The van der Waals surface area contributed by atoms with Crippen LogP contribution in [0.4, 0.5) is 5.95 Å². The lowest BCUT2D eigenvalue weighted by atomic mass is 9.76. The van der Waals surface area contributed by atoms with Gasteiger partial charge in [-0.1, -0.05) is 25.1 Å². The van der Waals surface area contributed by atoms with Gasteiger partial charge in [0.25, 0.3) is 0 Å². The second-order valence-electron chi connectivity index (χ2n) is 11.8. The summed E-state index contributed by atoms with van der Waals surface area (Å²) in [5.41, 5.74) is 3.37.